The number of benzene rings is 1. The lowest BCUT2D eigenvalue weighted by atomic mass is 10.1. The zero-order valence-electron chi connectivity index (χ0n) is 12.5. The van der Waals surface area contributed by atoms with Gasteiger partial charge in [0.2, 0.25) is 0 Å². The van der Waals surface area contributed by atoms with Gasteiger partial charge in [-0.25, -0.2) is 0 Å². The van der Waals surface area contributed by atoms with Crippen LogP contribution in [0, 0.1) is 0 Å². The van der Waals surface area contributed by atoms with Crippen molar-refractivity contribution in [2.45, 2.75) is 38.4 Å². The molecule has 0 spiro atoms. The van der Waals surface area contributed by atoms with Gasteiger partial charge in [0, 0.05) is 23.1 Å². The Morgan fingerprint density at radius 3 is 2.76 bits per heavy atom. The minimum Gasteiger partial charge on any atom is -0.363 e. The van der Waals surface area contributed by atoms with Gasteiger partial charge in [-0.3, -0.25) is 0 Å². The molecule has 112 valence electrons. The number of hydrogen-bond acceptors (Lipinski definition) is 3. The predicted octanol–water partition coefficient (Wildman–Crippen LogP) is 4.96. The molecule has 4 heteroatoms. The molecule has 2 nitrogen and oxygen atoms in total. The molecular formula is C17H21BrN2S. The van der Waals surface area contributed by atoms with E-state index in [4.69, 9.17) is 0 Å². The van der Waals surface area contributed by atoms with E-state index in [9.17, 15) is 0 Å². The lowest BCUT2D eigenvalue weighted by Gasteiger charge is -2.26. The Morgan fingerprint density at radius 1 is 1.38 bits per heavy atom. The molecule has 1 saturated carbocycles. The molecular weight excluding hydrogens is 344 g/mol. The van der Waals surface area contributed by atoms with Crippen molar-refractivity contribution in [2.75, 3.05) is 11.9 Å². The number of anilines is 1. The van der Waals surface area contributed by atoms with Gasteiger partial charge in [-0.15, -0.1) is 0 Å². The topological polar surface area (TPSA) is 15.3 Å². The molecule has 21 heavy (non-hydrogen) atoms. The SMILES string of the molecule is CNC(C)c1ccc(N(Cc2ccsc2)C2CC2)c(Br)c1. The summed E-state index contributed by atoms with van der Waals surface area (Å²) in [4.78, 5) is 2.54. The Kier molecular flexibility index (Phi) is 4.67. The largest absolute Gasteiger partial charge is 0.363 e. The minimum absolute atomic E-state index is 0.376. The van der Waals surface area contributed by atoms with Crippen LogP contribution < -0.4 is 10.2 Å². The first-order valence-corrected chi connectivity index (χ1v) is 9.17. The first-order valence-electron chi connectivity index (χ1n) is 7.43. The third-order valence-corrected chi connectivity index (χ3v) is 5.50. The Bertz CT molecular complexity index is 593. The van der Waals surface area contributed by atoms with Gasteiger partial charge in [0.1, 0.15) is 0 Å². The maximum atomic E-state index is 3.78. The molecule has 0 bridgehead atoms. The Hall–Kier alpha value is -0.840. The van der Waals surface area contributed by atoms with E-state index in [2.05, 4.69) is 68.1 Å². The van der Waals surface area contributed by atoms with Crippen molar-refractivity contribution in [3.63, 3.8) is 0 Å². The maximum absolute atomic E-state index is 3.78. The van der Waals surface area contributed by atoms with Crippen LogP contribution in [0.2, 0.25) is 0 Å². The van der Waals surface area contributed by atoms with E-state index in [0.29, 0.717) is 12.1 Å². The predicted molar refractivity (Wildman–Crippen MR) is 95.1 cm³/mol. The lowest BCUT2D eigenvalue weighted by Crippen LogP contribution is -2.25. The normalized spacial score (nSPS) is 16.0. The van der Waals surface area contributed by atoms with Crippen molar-refractivity contribution in [1.82, 2.24) is 5.32 Å². The fourth-order valence-electron chi connectivity index (χ4n) is 2.57. The second kappa shape index (κ2) is 6.51. The van der Waals surface area contributed by atoms with E-state index in [1.54, 1.807) is 11.3 Å². The molecule has 1 atom stereocenters. The molecule has 1 heterocycles. The standard InChI is InChI=1S/C17H21BrN2S/c1-12(19-2)14-3-6-17(16(18)9-14)20(15-4-5-15)10-13-7-8-21-11-13/h3,6-9,11-12,15,19H,4-5,10H2,1-2H3. The second-order valence-electron chi connectivity index (χ2n) is 5.71. The van der Waals surface area contributed by atoms with Gasteiger partial charge in [-0.2, -0.15) is 11.3 Å². The van der Waals surface area contributed by atoms with Gasteiger partial charge in [0.25, 0.3) is 0 Å². The van der Waals surface area contributed by atoms with Crippen LogP contribution in [0.25, 0.3) is 0 Å². The second-order valence-corrected chi connectivity index (χ2v) is 7.35. The van der Waals surface area contributed by atoms with Crippen LogP contribution in [-0.2, 0) is 6.54 Å². The monoisotopic (exact) mass is 364 g/mol. The molecule has 3 rings (SSSR count). The number of hydrogen-bond donors (Lipinski definition) is 1. The van der Waals surface area contributed by atoms with Crippen LogP contribution in [0.5, 0.6) is 0 Å². The smallest absolute Gasteiger partial charge is 0.0516 e. The highest BCUT2D eigenvalue weighted by Crippen LogP contribution is 2.38. The zero-order valence-corrected chi connectivity index (χ0v) is 14.9. The average Bonchev–Trinajstić information content (AvgIpc) is 3.21. The van der Waals surface area contributed by atoms with E-state index in [1.165, 1.54) is 34.1 Å². The fourth-order valence-corrected chi connectivity index (χ4v) is 3.85. The minimum atomic E-state index is 0.376. The first-order chi connectivity index (χ1) is 10.2. The summed E-state index contributed by atoms with van der Waals surface area (Å²) in [5, 5.41) is 7.71. The van der Waals surface area contributed by atoms with Crippen molar-refractivity contribution < 1.29 is 0 Å². The zero-order chi connectivity index (χ0) is 14.8. The molecule has 2 aromatic rings. The summed E-state index contributed by atoms with van der Waals surface area (Å²) < 4.78 is 1.20. The van der Waals surface area contributed by atoms with Gasteiger partial charge in [-0.05, 0) is 82.8 Å². The number of thiophene rings is 1. The Balaban J connectivity index is 1.85. The number of halogens is 1. The van der Waals surface area contributed by atoms with E-state index in [-0.39, 0.29) is 0 Å². The molecule has 0 amide bonds. The van der Waals surface area contributed by atoms with Crippen molar-refractivity contribution in [1.29, 1.82) is 0 Å². The van der Waals surface area contributed by atoms with Gasteiger partial charge in [0.15, 0.2) is 0 Å². The van der Waals surface area contributed by atoms with Gasteiger partial charge >= 0.3 is 0 Å². The van der Waals surface area contributed by atoms with E-state index < -0.39 is 0 Å². The summed E-state index contributed by atoms with van der Waals surface area (Å²) in [6, 6.07) is 10.1. The quantitative estimate of drug-likeness (QED) is 0.778. The average molecular weight is 365 g/mol. The number of nitrogens with zero attached hydrogens (tertiary/aromatic N) is 1. The highest BCUT2D eigenvalue weighted by atomic mass is 79.9. The molecule has 1 N–H and O–H groups in total. The van der Waals surface area contributed by atoms with Gasteiger partial charge in [-0.1, -0.05) is 6.07 Å². The fraction of sp³-hybridized carbons (Fsp3) is 0.412. The summed E-state index contributed by atoms with van der Waals surface area (Å²) >= 11 is 5.55. The van der Waals surface area contributed by atoms with Gasteiger partial charge in [0.05, 0.1) is 5.69 Å². The van der Waals surface area contributed by atoms with Crippen molar-refractivity contribution in [2.24, 2.45) is 0 Å². The molecule has 0 radical (unpaired) electrons. The van der Waals surface area contributed by atoms with Crippen LogP contribution >= 0.6 is 27.3 Å². The molecule has 1 aromatic heterocycles. The molecule has 1 aromatic carbocycles. The summed E-state index contributed by atoms with van der Waals surface area (Å²) in [6.45, 7) is 3.19. The van der Waals surface area contributed by atoms with Crippen LogP contribution in [0.1, 0.15) is 36.9 Å². The summed E-state index contributed by atoms with van der Waals surface area (Å²) in [5.74, 6) is 0. The summed E-state index contributed by atoms with van der Waals surface area (Å²) in [7, 11) is 2.00. The maximum Gasteiger partial charge on any atom is 0.0516 e. The number of nitrogens with one attached hydrogen (secondary N) is 1. The molecule has 1 aliphatic carbocycles. The Labute approximate surface area is 139 Å². The third kappa shape index (κ3) is 3.50. The molecule has 1 unspecified atom stereocenters. The first kappa shape index (κ1) is 15.1. The van der Waals surface area contributed by atoms with E-state index in [1.807, 2.05) is 7.05 Å². The van der Waals surface area contributed by atoms with Gasteiger partial charge < -0.3 is 10.2 Å². The molecule has 1 fully saturated rings. The highest BCUT2D eigenvalue weighted by Gasteiger charge is 2.30. The molecule has 1 aliphatic rings. The van der Waals surface area contributed by atoms with E-state index in [0.717, 1.165) is 6.54 Å². The van der Waals surface area contributed by atoms with Crippen LogP contribution in [0.4, 0.5) is 5.69 Å². The summed E-state index contributed by atoms with van der Waals surface area (Å²) in [6.07, 6.45) is 2.62. The van der Waals surface area contributed by atoms with E-state index >= 15 is 0 Å². The van der Waals surface area contributed by atoms with Crippen molar-refractivity contribution in [3.05, 3.63) is 50.6 Å². The lowest BCUT2D eigenvalue weighted by molar-refractivity contribution is 0.651. The third-order valence-electron chi connectivity index (χ3n) is 4.13. The highest BCUT2D eigenvalue weighted by molar-refractivity contribution is 9.10. The molecule has 0 aliphatic heterocycles. The van der Waals surface area contributed by atoms with Crippen LogP contribution in [0.15, 0.2) is 39.5 Å². The molecule has 0 saturated heterocycles. The summed E-state index contributed by atoms with van der Waals surface area (Å²) in [5.41, 5.74) is 4.04. The van der Waals surface area contributed by atoms with Crippen LogP contribution in [-0.4, -0.2) is 13.1 Å². The number of rotatable bonds is 6. The van der Waals surface area contributed by atoms with Crippen LogP contribution in [0.3, 0.4) is 0 Å². The Morgan fingerprint density at radius 2 is 2.19 bits per heavy atom. The van der Waals surface area contributed by atoms with Crippen molar-refractivity contribution in [3.8, 4) is 0 Å². The van der Waals surface area contributed by atoms with Crippen molar-refractivity contribution >= 4 is 33.0 Å².